The lowest BCUT2D eigenvalue weighted by molar-refractivity contribution is -0.138. The average Bonchev–Trinajstić information content (AvgIpc) is 3.49. The third kappa shape index (κ3) is 3.34. The van der Waals surface area contributed by atoms with Crippen molar-refractivity contribution in [2.75, 3.05) is 7.11 Å². The molecule has 1 aliphatic carbocycles. The molecular weight excluding hydrogens is 395 g/mol. The highest BCUT2D eigenvalue weighted by molar-refractivity contribution is 5.90. The first-order valence-corrected chi connectivity index (χ1v) is 10.1. The van der Waals surface area contributed by atoms with Crippen LogP contribution in [0.25, 0.3) is 27.7 Å². The molecule has 0 radical (unpaired) electrons. The molecule has 0 spiro atoms. The quantitative estimate of drug-likeness (QED) is 0.477. The third-order valence-electron chi connectivity index (χ3n) is 5.95. The van der Waals surface area contributed by atoms with Gasteiger partial charge in [0.1, 0.15) is 5.82 Å². The Labute approximate surface area is 178 Å². The van der Waals surface area contributed by atoms with Crippen LogP contribution in [0.4, 0.5) is 4.39 Å². The van der Waals surface area contributed by atoms with Crippen LogP contribution in [-0.4, -0.2) is 28.0 Å². The number of carbonyl (C=O) groups is 1. The standard InChI is InChI=1S/C25H21FN2O3/c1-14-3-9-18(10-4-14)28-22-12-17(11-21(26)23(22)24(27-28)31-2)15-5-7-16(8-6-15)19-13-20(19)25(29)30/h3-12,19-20H,13H2,1-2H3,(H,29,30)/t19-,20+/m1/s1. The van der Waals surface area contributed by atoms with Gasteiger partial charge in [-0.25, -0.2) is 9.07 Å². The van der Waals surface area contributed by atoms with Crippen LogP contribution in [0.2, 0.25) is 0 Å². The summed E-state index contributed by atoms with van der Waals surface area (Å²) in [5.74, 6) is -1.14. The zero-order chi connectivity index (χ0) is 21.7. The van der Waals surface area contributed by atoms with Gasteiger partial charge in [-0.05, 0) is 60.2 Å². The fourth-order valence-electron chi connectivity index (χ4n) is 4.12. The van der Waals surface area contributed by atoms with Crippen LogP contribution >= 0.6 is 0 Å². The number of nitrogens with zero attached hydrogens (tertiary/aromatic N) is 2. The lowest BCUT2D eigenvalue weighted by Gasteiger charge is -2.08. The van der Waals surface area contributed by atoms with E-state index in [1.807, 2.05) is 61.5 Å². The Morgan fingerprint density at radius 3 is 2.42 bits per heavy atom. The smallest absolute Gasteiger partial charge is 0.307 e. The van der Waals surface area contributed by atoms with E-state index in [0.29, 0.717) is 17.3 Å². The molecule has 2 atom stereocenters. The van der Waals surface area contributed by atoms with Crippen LogP contribution in [-0.2, 0) is 4.79 Å². The molecule has 1 fully saturated rings. The molecule has 1 aliphatic rings. The number of fused-ring (bicyclic) bond motifs is 1. The normalized spacial score (nSPS) is 17.6. The predicted molar refractivity (Wildman–Crippen MR) is 116 cm³/mol. The van der Waals surface area contributed by atoms with Gasteiger partial charge in [-0.2, -0.15) is 0 Å². The van der Waals surface area contributed by atoms with Gasteiger partial charge in [0.25, 0.3) is 0 Å². The molecule has 3 aromatic carbocycles. The fraction of sp³-hybridized carbons (Fsp3) is 0.200. The molecule has 1 saturated carbocycles. The maximum absolute atomic E-state index is 15.1. The number of aliphatic carboxylic acids is 1. The molecule has 5 rings (SSSR count). The molecule has 0 bridgehead atoms. The zero-order valence-corrected chi connectivity index (χ0v) is 17.2. The van der Waals surface area contributed by atoms with Crippen LogP contribution in [0.5, 0.6) is 5.88 Å². The van der Waals surface area contributed by atoms with Gasteiger partial charge in [-0.1, -0.05) is 42.0 Å². The van der Waals surface area contributed by atoms with Gasteiger partial charge in [0.2, 0.25) is 5.88 Å². The molecule has 5 nitrogen and oxygen atoms in total. The summed E-state index contributed by atoms with van der Waals surface area (Å²) in [6.45, 7) is 2.01. The summed E-state index contributed by atoms with van der Waals surface area (Å²) in [6.07, 6.45) is 0.671. The molecule has 156 valence electrons. The number of methoxy groups -OCH3 is 1. The summed E-state index contributed by atoms with van der Waals surface area (Å²) in [6, 6.07) is 18.9. The number of rotatable bonds is 5. The second-order valence-corrected chi connectivity index (χ2v) is 8.02. The minimum absolute atomic E-state index is 0.0676. The van der Waals surface area contributed by atoms with E-state index in [1.165, 1.54) is 13.2 Å². The Bertz CT molecular complexity index is 1290. The average molecular weight is 416 g/mol. The molecular formula is C25H21FN2O3. The van der Waals surface area contributed by atoms with E-state index in [2.05, 4.69) is 5.10 Å². The van der Waals surface area contributed by atoms with Crippen molar-refractivity contribution >= 4 is 16.9 Å². The van der Waals surface area contributed by atoms with Crippen LogP contribution in [0.1, 0.15) is 23.5 Å². The van der Waals surface area contributed by atoms with Crippen molar-refractivity contribution in [2.24, 2.45) is 5.92 Å². The Kier molecular flexibility index (Phi) is 4.50. The van der Waals surface area contributed by atoms with Crippen LogP contribution in [0.3, 0.4) is 0 Å². The van der Waals surface area contributed by atoms with Crippen molar-refractivity contribution < 1.29 is 19.0 Å². The van der Waals surface area contributed by atoms with Gasteiger partial charge in [-0.3, -0.25) is 4.79 Å². The van der Waals surface area contributed by atoms with Gasteiger partial charge in [0.05, 0.1) is 29.6 Å². The Balaban J connectivity index is 1.58. The number of carboxylic acids is 1. The van der Waals surface area contributed by atoms with Crippen molar-refractivity contribution in [3.05, 3.63) is 77.6 Å². The molecule has 0 amide bonds. The van der Waals surface area contributed by atoms with E-state index in [0.717, 1.165) is 27.9 Å². The van der Waals surface area contributed by atoms with Crippen molar-refractivity contribution in [3.63, 3.8) is 0 Å². The first-order chi connectivity index (χ1) is 15.0. The Morgan fingerprint density at radius 2 is 1.81 bits per heavy atom. The number of aromatic nitrogens is 2. The number of hydrogen-bond donors (Lipinski definition) is 1. The molecule has 4 aromatic rings. The van der Waals surface area contributed by atoms with E-state index >= 15 is 4.39 Å². The van der Waals surface area contributed by atoms with Gasteiger partial charge in [0, 0.05) is 0 Å². The van der Waals surface area contributed by atoms with E-state index in [9.17, 15) is 4.79 Å². The second kappa shape index (κ2) is 7.23. The van der Waals surface area contributed by atoms with E-state index in [-0.39, 0.29) is 17.7 Å². The molecule has 0 aliphatic heterocycles. The summed E-state index contributed by atoms with van der Waals surface area (Å²) in [7, 11) is 1.48. The maximum Gasteiger partial charge on any atom is 0.307 e. The molecule has 6 heteroatoms. The van der Waals surface area contributed by atoms with Crippen molar-refractivity contribution in [2.45, 2.75) is 19.3 Å². The first kappa shape index (κ1) is 19.3. The van der Waals surface area contributed by atoms with Crippen molar-refractivity contribution in [1.29, 1.82) is 0 Å². The van der Waals surface area contributed by atoms with Gasteiger partial charge >= 0.3 is 5.97 Å². The lowest BCUT2D eigenvalue weighted by Crippen LogP contribution is -1.98. The molecule has 1 N–H and O–H groups in total. The van der Waals surface area contributed by atoms with Crippen LogP contribution in [0, 0.1) is 18.7 Å². The second-order valence-electron chi connectivity index (χ2n) is 8.02. The Morgan fingerprint density at radius 1 is 1.10 bits per heavy atom. The summed E-state index contributed by atoms with van der Waals surface area (Å²) < 4.78 is 22.2. The molecule has 1 heterocycles. The summed E-state index contributed by atoms with van der Waals surface area (Å²) in [4.78, 5) is 11.1. The van der Waals surface area contributed by atoms with E-state index in [4.69, 9.17) is 9.84 Å². The van der Waals surface area contributed by atoms with Crippen molar-refractivity contribution in [3.8, 4) is 22.7 Å². The lowest BCUT2D eigenvalue weighted by atomic mass is 10.0. The summed E-state index contributed by atoms with van der Waals surface area (Å²) in [5.41, 5.74) is 5.14. The van der Waals surface area contributed by atoms with Crippen molar-refractivity contribution in [1.82, 2.24) is 9.78 Å². The van der Waals surface area contributed by atoms with Gasteiger partial charge in [0.15, 0.2) is 0 Å². The summed E-state index contributed by atoms with van der Waals surface area (Å²) in [5, 5.41) is 14.0. The van der Waals surface area contributed by atoms with Crippen LogP contribution in [0.15, 0.2) is 60.7 Å². The molecule has 1 aromatic heterocycles. The molecule has 31 heavy (non-hydrogen) atoms. The highest BCUT2D eigenvalue weighted by Crippen LogP contribution is 2.47. The largest absolute Gasteiger partial charge is 0.481 e. The Hall–Kier alpha value is -3.67. The number of halogens is 1. The number of hydrogen-bond acceptors (Lipinski definition) is 3. The molecule has 0 unspecified atom stereocenters. The zero-order valence-electron chi connectivity index (χ0n) is 17.2. The number of aryl methyl sites for hydroxylation is 1. The van der Waals surface area contributed by atoms with E-state index in [1.54, 1.807) is 4.68 Å². The van der Waals surface area contributed by atoms with Gasteiger partial charge < -0.3 is 9.84 Å². The minimum Gasteiger partial charge on any atom is -0.481 e. The highest BCUT2D eigenvalue weighted by Gasteiger charge is 2.44. The SMILES string of the molecule is COc1nn(-c2ccc(C)cc2)c2cc(-c3ccc([C@H]4C[C@@H]4C(=O)O)cc3)cc(F)c12. The number of ether oxygens (including phenoxy) is 1. The summed E-state index contributed by atoms with van der Waals surface area (Å²) >= 11 is 0. The number of benzene rings is 3. The number of carboxylic acid groups (broad SMARTS) is 1. The van der Waals surface area contributed by atoms with E-state index < -0.39 is 11.8 Å². The monoisotopic (exact) mass is 416 g/mol. The molecule has 0 saturated heterocycles. The third-order valence-corrected chi connectivity index (χ3v) is 5.95. The topological polar surface area (TPSA) is 64.4 Å². The predicted octanol–water partition coefficient (Wildman–Crippen LogP) is 5.34. The highest BCUT2D eigenvalue weighted by atomic mass is 19.1. The fourth-order valence-corrected chi connectivity index (χ4v) is 4.12. The van der Waals surface area contributed by atoms with Gasteiger partial charge in [-0.15, -0.1) is 5.10 Å². The van der Waals surface area contributed by atoms with Crippen LogP contribution < -0.4 is 4.74 Å². The maximum atomic E-state index is 15.1. The minimum atomic E-state index is -0.750. The first-order valence-electron chi connectivity index (χ1n) is 10.1.